The fourth-order valence-electron chi connectivity index (χ4n) is 2.66. The number of urea groups is 1. The lowest BCUT2D eigenvalue weighted by atomic mass is 9.93. The molecule has 0 atom stereocenters. The second-order valence-electron chi connectivity index (χ2n) is 7.94. The van der Waals surface area contributed by atoms with Crippen molar-refractivity contribution < 1.29 is 18.8 Å². The van der Waals surface area contributed by atoms with Crippen LogP contribution in [0.25, 0.3) is 0 Å². The fourth-order valence-corrected chi connectivity index (χ4v) is 2.66. The summed E-state index contributed by atoms with van der Waals surface area (Å²) in [5.41, 5.74) is 1.47. The molecule has 3 rings (SSSR count). The molecule has 0 unspecified atom stereocenters. The summed E-state index contributed by atoms with van der Waals surface area (Å²) in [4.78, 5) is 28.0. The highest BCUT2D eigenvalue weighted by molar-refractivity contribution is 5.99. The average Bonchev–Trinajstić information content (AvgIpc) is 3.18. The molecule has 0 fully saturated rings. The highest BCUT2D eigenvalue weighted by Crippen LogP contribution is 2.27. The molecular weight excluding hydrogens is 398 g/mol. The third-order valence-electron chi connectivity index (χ3n) is 4.36. The molecule has 0 saturated heterocycles. The van der Waals surface area contributed by atoms with Crippen LogP contribution in [0.2, 0.25) is 0 Å². The van der Waals surface area contributed by atoms with Gasteiger partial charge >= 0.3 is 6.03 Å². The molecule has 31 heavy (non-hydrogen) atoms. The summed E-state index contributed by atoms with van der Waals surface area (Å²) in [5, 5.41) is 11.8. The van der Waals surface area contributed by atoms with E-state index in [4.69, 9.17) is 9.26 Å². The first kappa shape index (κ1) is 21.8. The molecule has 2 aromatic heterocycles. The van der Waals surface area contributed by atoms with E-state index in [0.29, 0.717) is 28.8 Å². The number of aromatic nitrogens is 2. The Kier molecular flexibility index (Phi) is 6.24. The van der Waals surface area contributed by atoms with E-state index in [-0.39, 0.29) is 17.0 Å². The van der Waals surface area contributed by atoms with Crippen LogP contribution in [-0.2, 0) is 5.41 Å². The Bertz CT molecular complexity index is 1100. The van der Waals surface area contributed by atoms with E-state index in [0.717, 1.165) is 5.56 Å². The summed E-state index contributed by atoms with van der Waals surface area (Å²) < 4.78 is 11.1. The number of anilines is 2. The van der Waals surface area contributed by atoms with Gasteiger partial charge in [0, 0.05) is 36.5 Å². The largest absolute Gasteiger partial charge is 0.457 e. The second-order valence-corrected chi connectivity index (χ2v) is 7.94. The van der Waals surface area contributed by atoms with Gasteiger partial charge in [-0.25, -0.2) is 4.79 Å². The number of pyridine rings is 1. The molecule has 0 aliphatic carbocycles. The van der Waals surface area contributed by atoms with Crippen molar-refractivity contribution in [1.82, 2.24) is 15.5 Å². The van der Waals surface area contributed by atoms with Gasteiger partial charge in [-0.2, -0.15) is 0 Å². The molecule has 3 amide bonds. The quantitative estimate of drug-likeness (QED) is 0.557. The Labute approximate surface area is 180 Å². The molecule has 0 spiro atoms. The molecule has 0 aliphatic heterocycles. The van der Waals surface area contributed by atoms with E-state index in [2.05, 4.69) is 26.1 Å². The van der Waals surface area contributed by atoms with Gasteiger partial charge in [-0.15, -0.1) is 0 Å². The van der Waals surface area contributed by atoms with Crippen molar-refractivity contribution in [2.45, 2.75) is 33.1 Å². The minimum absolute atomic E-state index is 0.203. The lowest BCUT2D eigenvalue weighted by molar-refractivity contribution is 0.0958. The van der Waals surface area contributed by atoms with Gasteiger partial charge < -0.3 is 19.9 Å². The molecule has 3 aromatic rings. The number of nitrogens with zero attached hydrogens (tertiary/aromatic N) is 2. The number of carbonyl (C=O) groups is 2. The Morgan fingerprint density at radius 1 is 1.03 bits per heavy atom. The zero-order valence-corrected chi connectivity index (χ0v) is 18.1. The third-order valence-corrected chi connectivity index (χ3v) is 4.36. The van der Waals surface area contributed by atoms with Gasteiger partial charge in [-0.05, 0) is 36.8 Å². The molecule has 0 bridgehead atoms. The number of hydrogen-bond donors (Lipinski definition) is 3. The Hall–Kier alpha value is -3.88. The van der Waals surface area contributed by atoms with Crippen molar-refractivity contribution in [1.29, 1.82) is 0 Å². The van der Waals surface area contributed by atoms with E-state index in [1.807, 2.05) is 27.7 Å². The first-order valence-corrected chi connectivity index (χ1v) is 9.67. The number of benzene rings is 1. The SMILES string of the molecule is CNC(=O)c1cc(Oc2ccc(NC(=O)Nc3cc(C(C)(C)C)on3)c(C)c2)ccn1. The van der Waals surface area contributed by atoms with Crippen LogP contribution in [-0.4, -0.2) is 29.1 Å². The number of amides is 3. The number of carbonyl (C=O) groups excluding carboxylic acids is 2. The summed E-state index contributed by atoms with van der Waals surface area (Å²) in [6, 6.07) is 9.71. The maximum Gasteiger partial charge on any atom is 0.324 e. The van der Waals surface area contributed by atoms with Crippen LogP contribution < -0.4 is 20.7 Å². The summed E-state index contributed by atoms with van der Waals surface area (Å²) in [7, 11) is 1.54. The molecule has 3 N–H and O–H groups in total. The van der Waals surface area contributed by atoms with Crippen LogP contribution in [0.4, 0.5) is 16.3 Å². The van der Waals surface area contributed by atoms with Gasteiger partial charge in [-0.1, -0.05) is 25.9 Å². The Morgan fingerprint density at radius 3 is 2.42 bits per heavy atom. The maximum atomic E-state index is 12.3. The topological polar surface area (TPSA) is 118 Å². The Morgan fingerprint density at radius 2 is 1.77 bits per heavy atom. The summed E-state index contributed by atoms with van der Waals surface area (Å²) in [6.07, 6.45) is 1.50. The zero-order valence-electron chi connectivity index (χ0n) is 18.1. The fraction of sp³-hybridized carbons (Fsp3) is 0.273. The van der Waals surface area contributed by atoms with Crippen LogP contribution in [0, 0.1) is 6.92 Å². The normalized spacial score (nSPS) is 11.0. The highest BCUT2D eigenvalue weighted by Gasteiger charge is 2.20. The molecule has 9 heteroatoms. The van der Waals surface area contributed by atoms with E-state index < -0.39 is 6.03 Å². The molecular formula is C22H25N5O4. The van der Waals surface area contributed by atoms with Gasteiger partial charge in [0.1, 0.15) is 23.0 Å². The van der Waals surface area contributed by atoms with Crippen molar-refractivity contribution >= 4 is 23.4 Å². The number of rotatable bonds is 5. The molecule has 0 aliphatic rings. The van der Waals surface area contributed by atoms with Gasteiger partial charge in [0.15, 0.2) is 5.82 Å². The van der Waals surface area contributed by atoms with Crippen molar-refractivity contribution in [2.75, 3.05) is 17.7 Å². The summed E-state index contributed by atoms with van der Waals surface area (Å²) in [5.74, 6) is 1.76. The average molecular weight is 423 g/mol. The van der Waals surface area contributed by atoms with Gasteiger partial charge in [0.2, 0.25) is 0 Å². The maximum absolute atomic E-state index is 12.3. The van der Waals surface area contributed by atoms with Crippen molar-refractivity contribution in [3.05, 3.63) is 59.6 Å². The first-order valence-electron chi connectivity index (χ1n) is 9.67. The van der Waals surface area contributed by atoms with Crippen LogP contribution in [0.15, 0.2) is 47.1 Å². The number of ether oxygens (including phenoxy) is 1. The van der Waals surface area contributed by atoms with Crippen molar-refractivity contribution in [2.24, 2.45) is 0 Å². The molecule has 0 radical (unpaired) electrons. The van der Waals surface area contributed by atoms with Gasteiger partial charge in [-0.3, -0.25) is 15.1 Å². The first-order chi connectivity index (χ1) is 14.7. The van der Waals surface area contributed by atoms with Crippen molar-refractivity contribution in [3.63, 3.8) is 0 Å². The number of hydrogen-bond acceptors (Lipinski definition) is 6. The minimum Gasteiger partial charge on any atom is -0.457 e. The monoisotopic (exact) mass is 423 g/mol. The van der Waals surface area contributed by atoms with Crippen LogP contribution in [0.1, 0.15) is 42.6 Å². The van der Waals surface area contributed by atoms with E-state index in [1.54, 1.807) is 36.4 Å². The molecule has 9 nitrogen and oxygen atoms in total. The smallest absolute Gasteiger partial charge is 0.324 e. The third kappa shape index (κ3) is 5.59. The molecule has 2 heterocycles. The Balaban J connectivity index is 1.65. The van der Waals surface area contributed by atoms with Crippen molar-refractivity contribution in [3.8, 4) is 11.5 Å². The van der Waals surface area contributed by atoms with Crippen LogP contribution in [0.3, 0.4) is 0 Å². The van der Waals surface area contributed by atoms with E-state index >= 15 is 0 Å². The molecule has 162 valence electrons. The lowest BCUT2D eigenvalue weighted by Crippen LogP contribution is -2.20. The van der Waals surface area contributed by atoms with Gasteiger partial charge in [0.05, 0.1) is 0 Å². The summed E-state index contributed by atoms with van der Waals surface area (Å²) in [6.45, 7) is 7.83. The highest BCUT2D eigenvalue weighted by atomic mass is 16.5. The van der Waals surface area contributed by atoms with E-state index in [1.165, 1.54) is 13.2 Å². The predicted molar refractivity (Wildman–Crippen MR) is 117 cm³/mol. The zero-order chi connectivity index (χ0) is 22.6. The molecule has 1 aromatic carbocycles. The number of aryl methyl sites for hydroxylation is 1. The predicted octanol–water partition coefficient (Wildman–Crippen LogP) is 4.47. The van der Waals surface area contributed by atoms with Gasteiger partial charge in [0.25, 0.3) is 5.91 Å². The minimum atomic E-state index is -0.435. The van der Waals surface area contributed by atoms with Crippen LogP contribution >= 0.6 is 0 Å². The summed E-state index contributed by atoms with van der Waals surface area (Å²) >= 11 is 0. The van der Waals surface area contributed by atoms with Crippen LogP contribution in [0.5, 0.6) is 11.5 Å². The standard InChI is InChI=1S/C22H25N5O4/c1-13-10-14(30-15-8-9-24-17(11-15)20(28)23-5)6-7-16(13)25-21(29)26-19-12-18(31-27-19)22(2,3)4/h6-12H,1-5H3,(H,23,28)(H2,25,26,27,29). The molecule has 0 saturated carbocycles. The lowest BCUT2D eigenvalue weighted by Gasteiger charge is -2.12. The number of nitrogens with one attached hydrogen (secondary N) is 3. The second kappa shape index (κ2) is 8.86. The van der Waals surface area contributed by atoms with E-state index in [9.17, 15) is 9.59 Å².